The van der Waals surface area contributed by atoms with E-state index in [-0.39, 0.29) is 12.1 Å². The van der Waals surface area contributed by atoms with Crippen molar-refractivity contribution in [1.29, 1.82) is 0 Å². The van der Waals surface area contributed by atoms with Crippen LogP contribution in [-0.2, 0) is 31.8 Å². The van der Waals surface area contributed by atoms with E-state index in [0.717, 1.165) is 20.7 Å². The molecule has 0 aliphatic heterocycles. The van der Waals surface area contributed by atoms with Crippen molar-refractivity contribution >= 4 is 34.1 Å². The van der Waals surface area contributed by atoms with E-state index in [0.29, 0.717) is 0 Å². The van der Waals surface area contributed by atoms with Crippen LogP contribution in [0.5, 0.6) is 0 Å². The van der Waals surface area contributed by atoms with Gasteiger partial charge in [-0.05, 0) is 11.5 Å². The zero-order valence-electron chi connectivity index (χ0n) is 29.9. The van der Waals surface area contributed by atoms with E-state index in [1.807, 2.05) is 6.20 Å². The summed E-state index contributed by atoms with van der Waals surface area (Å²) in [6.07, 6.45) is 1.95. The van der Waals surface area contributed by atoms with Crippen molar-refractivity contribution in [2.45, 2.75) is 26.2 Å². The van der Waals surface area contributed by atoms with E-state index >= 15 is 0 Å². The van der Waals surface area contributed by atoms with Crippen molar-refractivity contribution in [2.75, 3.05) is 0 Å². The fourth-order valence-corrected chi connectivity index (χ4v) is 8.27. The second-order valence-corrected chi connectivity index (χ2v) is 15.5. The average molecular weight is 853 g/mol. The van der Waals surface area contributed by atoms with Gasteiger partial charge in [-0.2, -0.15) is 0 Å². The van der Waals surface area contributed by atoms with Gasteiger partial charge in [0.1, 0.15) is 0 Å². The Morgan fingerprint density at radius 1 is 0.558 bits per heavy atom. The Morgan fingerprint density at radius 3 is 1.77 bits per heavy atom. The van der Waals surface area contributed by atoms with Crippen molar-refractivity contribution in [3.8, 4) is 39.2 Å². The number of hydrogen-bond acceptors (Lipinski definition) is 1. The van der Waals surface area contributed by atoms with Crippen LogP contribution in [0.4, 0.5) is 0 Å². The Labute approximate surface area is 317 Å². The minimum absolute atomic E-state index is 0.0221. The zero-order chi connectivity index (χ0) is 35.8. The van der Waals surface area contributed by atoms with E-state index in [1.54, 1.807) is 0 Å². The Balaban J connectivity index is 1.42. The molecule has 0 N–H and O–H groups in total. The van der Waals surface area contributed by atoms with Crippen molar-refractivity contribution in [3.63, 3.8) is 0 Å². The Morgan fingerprint density at radius 2 is 1.12 bits per heavy atom. The summed E-state index contributed by atoms with van der Waals surface area (Å²) in [7, 11) is 2.14. The van der Waals surface area contributed by atoms with Crippen LogP contribution in [0.15, 0.2) is 170 Å². The number of fused-ring (bicyclic) bond motifs is 1. The first-order chi connectivity index (χ1) is 25.3. The van der Waals surface area contributed by atoms with Crippen LogP contribution in [-0.4, -0.2) is 20.8 Å². The molecule has 0 bridgehead atoms. The van der Waals surface area contributed by atoms with Gasteiger partial charge < -0.3 is 0 Å². The number of nitrogens with zero attached hydrogens (tertiary/aromatic N) is 3. The number of aromatic nitrogens is 3. The summed E-state index contributed by atoms with van der Waals surface area (Å²) < 4.78 is 5.79. The molecule has 3 nitrogen and oxygen atoms in total. The average Bonchev–Trinajstić information content (AvgIpc) is 3.44. The fraction of sp³-hybridized carbons (Fsp3) is 0.106. The molecule has 2 aromatic heterocycles. The number of aryl methyl sites for hydroxylation is 1. The van der Waals surface area contributed by atoms with E-state index in [2.05, 4.69) is 220 Å². The fourth-order valence-electron chi connectivity index (χ4n) is 7.43. The number of benzene rings is 6. The maximum absolute atomic E-state index is 4.89. The molecule has 256 valence electrons. The molecular formula is C47H40BN3Pt. The molecule has 8 rings (SSSR count). The van der Waals surface area contributed by atoms with Gasteiger partial charge in [0.05, 0.1) is 0 Å². The van der Waals surface area contributed by atoms with Gasteiger partial charge >= 0.3 is 287 Å². The third-order valence-corrected chi connectivity index (χ3v) is 11.3. The molecular weight excluding hydrogens is 812 g/mol. The molecule has 52 heavy (non-hydrogen) atoms. The molecule has 6 aromatic carbocycles. The van der Waals surface area contributed by atoms with Crippen molar-refractivity contribution in [3.05, 3.63) is 179 Å². The molecule has 0 radical (unpaired) electrons. The third-order valence-electron chi connectivity index (χ3n) is 10.1. The normalized spacial score (nSPS) is 11.6. The van der Waals surface area contributed by atoms with Crippen LogP contribution in [0.2, 0.25) is 0 Å². The summed E-state index contributed by atoms with van der Waals surface area (Å²) in [5.41, 5.74) is 15.5. The minimum atomic E-state index is -0.0919. The molecule has 0 aliphatic carbocycles. The summed E-state index contributed by atoms with van der Waals surface area (Å²) in [6, 6.07) is 59.6. The summed E-state index contributed by atoms with van der Waals surface area (Å²) >= 11 is 2.46. The van der Waals surface area contributed by atoms with Crippen molar-refractivity contribution in [2.24, 2.45) is 7.05 Å². The second-order valence-electron chi connectivity index (χ2n) is 14.5. The van der Waals surface area contributed by atoms with Crippen LogP contribution >= 0.6 is 0 Å². The van der Waals surface area contributed by atoms with Crippen LogP contribution in [0, 0.1) is 3.80 Å². The number of imidazole rings is 1. The molecule has 2 heterocycles. The Hall–Kier alpha value is -5.31. The molecule has 0 atom stereocenters. The zero-order valence-corrected chi connectivity index (χ0v) is 32.2. The van der Waals surface area contributed by atoms with E-state index in [1.165, 1.54) is 55.2 Å². The SMILES string of the molecule is Cn1[c](=[Pt])n(-c2cccc(B(c3cccc(-c4cc(C(C)(C)C)ccn4)c3)c3c(-c4ccccc4)cccc3-c3ccccc3)c2)c2ccccc21. The summed E-state index contributed by atoms with van der Waals surface area (Å²) in [5.74, 6) is 0. The quantitative estimate of drug-likeness (QED) is 0.147. The van der Waals surface area contributed by atoms with E-state index in [9.17, 15) is 0 Å². The molecule has 0 fully saturated rings. The van der Waals surface area contributed by atoms with Crippen LogP contribution < -0.4 is 16.4 Å². The van der Waals surface area contributed by atoms with Gasteiger partial charge in [0.2, 0.25) is 0 Å². The number of para-hydroxylation sites is 2. The third kappa shape index (κ3) is 6.37. The Kier molecular flexibility index (Phi) is 9.12. The number of rotatable bonds is 7. The monoisotopic (exact) mass is 852 g/mol. The van der Waals surface area contributed by atoms with Crippen molar-refractivity contribution < 1.29 is 19.4 Å². The first-order valence-electron chi connectivity index (χ1n) is 17.8. The standard InChI is InChI=1S/C47H40BN3.Pt/c1-47(2,3)37-28-29-49-43(31-37)36-20-13-21-38(30-36)48(39-22-14-23-40(32-39)51-33-50(4)44-26-11-12-27-45(44)51)46-41(34-16-7-5-8-17-34)24-15-25-42(46)35-18-9-6-10-19-35;/h5-32H,1-4H3;. The molecule has 5 heteroatoms. The maximum atomic E-state index is 4.89. The van der Waals surface area contributed by atoms with Gasteiger partial charge in [-0.25, -0.2) is 0 Å². The van der Waals surface area contributed by atoms with Gasteiger partial charge in [-0.3, -0.25) is 0 Å². The molecule has 0 aliphatic rings. The van der Waals surface area contributed by atoms with Crippen LogP contribution in [0.3, 0.4) is 0 Å². The van der Waals surface area contributed by atoms with Crippen LogP contribution in [0.25, 0.3) is 50.2 Å². The summed E-state index contributed by atoms with van der Waals surface area (Å²) in [5, 5.41) is 0. The predicted molar refractivity (Wildman–Crippen MR) is 216 cm³/mol. The first-order valence-corrected chi connectivity index (χ1v) is 18.9. The topological polar surface area (TPSA) is 22.8 Å². The van der Waals surface area contributed by atoms with Gasteiger partial charge in [-0.1, -0.05) is 20.8 Å². The van der Waals surface area contributed by atoms with E-state index < -0.39 is 0 Å². The molecule has 8 aromatic rings. The number of pyridine rings is 1. The molecule has 0 saturated heterocycles. The predicted octanol–water partition coefficient (Wildman–Crippen LogP) is 9.26. The summed E-state index contributed by atoms with van der Waals surface area (Å²) in [6.45, 7) is 6.68. The van der Waals surface area contributed by atoms with Crippen LogP contribution in [0.1, 0.15) is 26.3 Å². The first kappa shape index (κ1) is 33.8. The Bertz CT molecular complexity index is 2540. The van der Waals surface area contributed by atoms with Gasteiger partial charge in [0, 0.05) is 0 Å². The molecule has 0 unspecified atom stereocenters. The summed E-state index contributed by atoms with van der Waals surface area (Å²) in [4.78, 5) is 4.89. The van der Waals surface area contributed by atoms with Gasteiger partial charge in [0.15, 0.2) is 0 Å². The van der Waals surface area contributed by atoms with Gasteiger partial charge in [0.25, 0.3) is 0 Å². The molecule has 0 amide bonds. The molecule has 0 saturated carbocycles. The van der Waals surface area contributed by atoms with E-state index in [4.69, 9.17) is 4.98 Å². The molecule has 0 spiro atoms. The number of hydrogen-bond donors (Lipinski definition) is 0. The second kappa shape index (κ2) is 14.0. The van der Waals surface area contributed by atoms with Crippen molar-refractivity contribution in [1.82, 2.24) is 14.1 Å². The van der Waals surface area contributed by atoms with Gasteiger partial charge in [-0.15, -0.1) is 0 Å².